The number of hydrogen-bond acceptors (Lipinski definition) is 3. The van der Waals surface area contributed by atoms with Gasteiger partial charge in [0, 0.05) is 18.4 Å². The molecule has 0 aliphatic carbocycles. The van der Waals surface area contributed by atoms with Crippen LogP contribution in [0.15, 0.2) is 10.6 Å². The van der Waals surface area contributed by atoms with E-state index in [0.717, 1.165) is 17.9 Å². The van der Waals surface area contributed by atoms with Crippen LogP contribution in [-0.4, -0.2) is 16.9 Å². The molecule has 3 heteroatoms. The van der Waals surface area contributed by atoms with Gasteiger partial charge in [0.05, 0.1) is 12.3 Å². The summed E-state index contributed by atoms with van der Waals surface area (Å²) in [6.07, 6.45) is 1.62. The molecule has 1 aromatic heterocycles. The normalized spacial score (nSPS) is 13.2. The summed E-state index contributed by atoms with van der Waals surface area (Å²) < 4.78 is 5.02. The fourth-order valence-corrected chi connectivity index (χ4v) is 0.998. The molecule has 12 heavy (non-hydrogen) atoms. The van der Waals surface area contributed by atoms with E-state index in [1.54, 1.807) is 0 Å². The first-order valence-corrected chi connectivity index (χ1v) is 4.34. The fraction of sp³-hybridized carbons (Fsp3) is 0.667. The van der Waals surface area contributed by atoms with Gasteiger partial charge in [-0.1, -0.05) is 19.0 Å². The highest BCUT2D eigenvalue weighted by Gasteiger charge is 2.08. The minimum atomic E-state index is 0.120. The maximum atomic E-state index is 8.64. The molecule has 0 radical (unpaired) electrons. The van der Waals surface area contributed by atoms with Crippen molar-refractivity contribution < 1.29 is 9.63 Å². The summed E-state index contributed by atoms with van der Waals surface area (Å²) in [5.41, 5.74) is 0.987. The predicted molar refractivity (Wildman–Crippen MR) is 46.0 cm³/mol. The van der Waals surface area contributed by atoms with Crippen LogP contribution in [0.2, 0.25) is 0 Å². The Labute approximate surface area is 72.4 Å². The van der Waals surface area contributed by atoms with Gasteiger partial charge in [0.15, 0.2) is 0 Å². The molecule has 3 nitrogen and oxygen atoms in total. The van der Waals surface area contributed by atoms with E-state index in [9.17, 15) is 0 Å². The van der Waals surface area contributed by atoms with Crippen LogP contribution >= 0.6 is 0 Å². The number of rotatable bonds is 4. The van der Waals surface area contributed by atoms with Crippen LogP contribution in [0.1, 0.15) is 37.6 Å². The molecule has 1 atom stereocenters. The van der Waals surface area contributed by atoms with E-state index in [-0.39, 0.29) is 6.61 Å². The highest BCUT2D eigenvalue weighted by Crippen LogP contribution is 2.17. The summed E-state index contributed by atoms with van der Waals surface area (Å²) in [6.45, 7) is 4.35. The maximum absolute atomic E-state index is 8.64. The molecule has 1 unspecified atom stereocenters. The van der Waals surface area contributed by atoms with Crippen molar-refractivity contribution in [2.45, 2.75) is 32.6 Å². The van der Waals surface area contributed by atoms with Gasteiger partial charge in [-0.25, -0.2) is 0 Å². The number of aliphatic hydroxyl groups is 1. The van der Waals surface area contributed by atoms with Gasteiger partial charge in [0.2, 0.25) is 0 Å². The third-order valence-corrected chi connectivity index (χ3v) is 2.05. The topological polar surface area (TPSA) is 46.3 Å². The van der Waals surface area contributed by atoms with E-state index in [4.69, 9.17) is 9.63 Å². The van der Waals surface area contributed by atoms with Crippen molar-refractivity contribution in [2.24, 2.45) is 0 Å². The van der Waals surface area contributed by atoms with Crippen molar-refractivity contribution in [1.29, 1.82) is 0 Å². The van der Waals surface area contributed by atoms with Crippen LogP contribution in [0.5, 0.6) is 0 Å². The van der Waals surface area contributed by atoms with Gasteiger partial charge in [-0.05, 0) is 6.42 Å². The lowest BCUT2D eigenvalue weighted by molar-refractivity contribution is 0.276. The third-order valence-electron chi connectivity index (χ3n) is 2.05. The fourth-order valence-electron chi connectivity index (χ4n) is 0.998. The molecule has 0 aromatic carbocycles. The zero-order valence-electron chi connectivity index (χ0n) is 7.58. The van der Waals surface area contributed by atoms with E-state index in [1.165, 1.54) is 0 Å². The average Bonchev–Trinajstić information content (AvgIpc) is 2.52. The summed E-state index contributed by atoms with van der Waals surface area (Å²) in [7, 11) is 0. The van der Waals surface area contributed by atoms with Gasteiger partial charge in [-0.2, -0.15) is 0 Å². The second kappa shape index (κ2) is 4.26. The minimum Gasteiger partial charge on any atom is -0.396 e. The zero-order valence-corrected chi connectivity index (χ0v) is 7.58. The van der Waals surface area contributed by atoms with Crippen LogP contribution < -0.4 is 0 Å². The summed E-state index contributed by atoms with van der Waals surface area (Å²) >= 11 is 0. The van der Waals surface area contributed by atoms with Crippen molar-refractivity contribution >= 4 is 0 Å². The molecule has 0 saturated carbocycles. The Bertz CT molecular complexity index is 232. The first-order chi connectivity index (χ1) is 5.77. The highest BCUT2D eigenvalue weighted by molar-refractivity contribution is 5.09. The monoisotopic (exact) mass is 169 g/mol. The lowest BCUT2D eigenvalue weighted by Gasteiger charge is -1.99. The molecule has 0 aliphatic rings. The number of aliphatic hydroxyl groups excluding tert-OH is 1. The van der Waals surface area contributed by atoms with Crippen LogP contribution in [-0.2, 0) is 6.42 Å². The Morgan fingerprint density at radius 2 is 2.42 bits per heavy atom. The number of hydrogen-bond donors (Lipinski definition) is 1. The van der Waals surface area contributed by atoms with E-state index < -0.39 is 0 Å². The van der Waals surface area contributed by atoms with Crippen molar-refractivity contribution in [1.82, 2.24) is 5.16 Å². The molecule has 1 N–H and O–H groups in total. The molecule has 1 rings (SSSR count). The van der Waals surface area contributed by atoms with Crippen LogP contribution in [0, 0.1) is 0 Å². The number of nitrogens with zero attached hydrogens (tertiary/aromatic N) is 1. The third kappa shape index (κ3) is 2.08. The Morgan fingerprint density at radius 3 is 3.00 bits per heavy atom. The van der Waals surface area contributed by atoms with Crippen LogP contribution in [0.3, 0.4) is 0 Å². The molecule has 1 heterocycles. The smallest absolute Gasteiger partial charge is 0.139 e. The van der Waals surface area contributed by atoms with Gasteiger partial charge in [0.1, 0.15) is 5.76 Å². The van der Waals surface area contributed by atoms with Gasteiger partial charge < -0.3 is 9.63 Å². The molecule has 1 aromatic rings. The largest absolute Gasteiger partial charge is 0.396 e. The van der Waals surface area contributed by atoms with Crippen molar-refractivity contribution in [3.63, 3.8) is 0 Å². The molecule has 0 spiro atoms. The van der Waals surface area contributed by atoms with E-state index >= 15 is 0 Å². The first-order valence-electron chi connectivity index (χ1n) is 4.34. The summed E-state index contributed by atoms with van der Waals surface area (Å²) in [6, 6.07) is 1.92. The SMILES string of the molecule is CCC(C)c1cc(CCO)on1. The van der Waals surface area contributed by atoms with Crippen molar-refractivity contribution in [3.05, 3.63) is 17.5 Å². The molecule has 0 saturated heterocycles. The minimum absolute atomic E-state index is 0.120. The molecule has 0 fully saturated rings. The second-order valence-corrected chi connectivity index (χ2v) is 3.00. The second-order valence-electron chi connectivity index (χ2n) is 3.00. The Kier molecular flexibility index (Phi) is 3.29. The van der Waals surface area contributed by atoms with Crippen molar-refractivity contribution in [3.8, 4) is 0 Å². The summed E-state index contributed by atoms with van der Waals surface area (Å²) in [4.78, 5) is 0. The van der Waals surface area contributed by atoms with Gasteiger partial charge >= 0.3 is 0 Å². The van der Waals surface area contributed by atoms with Gasteiger partial charge in [-0.3, -0.25) is 0 Å². The Balaban J connectivity index is 2.63. The number of aromatic nitrogens is 1. The first kappa shape index (κ1) is 9.26. The van der Waals surface area contributed by atoms with E-state index in [1.807, 2.05) is 6.07 Å². The molecule has 0 amide bonds. The summed E-state index contributed by atoms with van der Waals surface area (Å²) in [5.74, 6) is 1.22. The molecular formula is C9H15NO2. The molecule has 0 aliphatic heterocycles. The van der Waals surface area contributed by atoms with Crippen LogP contribution in [0.25, 0.3) is 0 Å². The Morgan fingerprint density at radius 1 is 1.67 bits per heavy atom. The molecule has 0 bridgehead atoms. The van der Waals surface area contributed by atoms with Gasteiger partial charge in [0.25, 0.3) is 0 Å². The van der Waals surface area contributed by atoms with E-state index in [2.05, 4.69) is 19.0 Å². The van der Waals surface area contributed by atoms with Crippen molar-refractivity contribution in [2.75, 3.05) is 6.61 Å². The lowest BCUT2D eigenvalue weighted by atomic mass is 10.1. The van der Waals surface area contributed by atoms with E-state index in [0.29, 0.717) is 12.3 Å². The lowest BCUT2D eigenvalue weighted by Crippen LogP contribution is -1.90. The zero-order chi connectivity index (χ0) is 8.97. The average molecular weight is 169 g/mol. The molecular weight excluding hydrogens is 154 g/mol. The quantitative estimate of drug-likeness (QED) is 0.746. The maximum Gasteiger partial charge on any atom is 0.139 e. The highest BCUT2D eigenvalue weighted by atomic mass is 16.5. The standard InChI is InChI=1S/C9H15NO2/c1-3-7(2)9-6-8(4-5-11)12-10-9/h6-7,11H,3-5H2,1-2H3. The molecule has 68 valence electrons. The predicted octanol–water partition coefficient (Wildman–Crippen LogP) is 1.72. The Hall–Kier alpha value is -0.830. The van der Waals surface area contributed by atoms with Gasteiger partial charge in [-0.15, -0.1) is 0 Å². The summed E-state index contributed by atoms with van der Waals surface area (Å²) in [5, 5.41) is 12.6. The van der Waals surface area contributed by atoms with Crippen LogP contribution in [0.4, 0.5) is 0 Å².